The van der Waals surface area contributed by atoms with Crippen LogP contribution in [-0.4, -0.2) is 74.5 Å². The third kappa shape index (κ3) is 6.06. The summed E-state index contributed by atoms with van der Waals surface area (Å²) in [6.45, 7) is 7.90. The van der Waals surface area contributed by atoms with Gasteiger partial charge in [-0.2, -0.15) is 0 Å². The van der Waals surface area contributed by atoms with Gasteiger partial charge in [-0.1, -0.05) is 34.1 Å². The third-order valence-electron chi connectivity index (χ3n) is 5.65. The van der Waals surface area contributed by atoms with E-state index in [-0.39, 0.29) is 35.3 Å². The first-order valence-corrected chi connectivity index (χ1v) is 10.5. The molecule has 156 valence electrons. The van der Waals surface area contributed by atoms with Crippen molar-refractivity contribution in [3.05, 3.63) is 34.3 Å². The minimum absolute atomic E-state index is 0. The molecule has 1 heterocycles. The Balaban J connectivity index is 0.00000280. The Bertz CT molecular complexity index is 687. The van der Waals surface area contributed by atoms with Crippen molar-refractivity contribution >= 4 is 51.8 Å². The van der Waals surface area contributed by atoms with Crippen LogP contribution in [0.4, 0.5) is 0 Å². The Kier molecular flexibility index (Phi) is 9.01. The molecule has 0 radical (unpaired) electrons. The summed E-state index contributed by atoms with van der Waals surface area (Å²) in [7, 11) is 1.82. The molecule has 1 aromatic carbocycles. The van der Waals surface area contributed by atoms with Crippen molar-refractivity contribution in [1.29, 1.82) is 0 Å². The van der Waals surface area contributed by atoms with Crippen LogP contribution in [0.2, 0.25) is 0 Å². The molecular weight excluding hydrogens is 533 g/mol. The standard InChI is InChI=1S/C20H30BrN5O.HI/c1-16(27)26-13-11-25(12-14-26)10-9-23-19(22-2)24-15-20(7-8-20)17-5-3-4-6-18(17)21;/h3-6H,7-15H2,1-2H3,(H2,22,23,24);1H. The number of guanidine groups is 1. The first-order chi connectivity index (χ1) is 13.0. The number of amides is 1. The number of piperazine rings is 1. The van der Waals surface area contributed by atoms with E-state index >= 15 is 0 Å². The molecule has 0 spiro atoms. The van der Waals surface area contributed by atoms with E-state index in [1.54, 1.807) is 6.92 Å². The molecule has 2 aliphatic rings. The predicted molar refractivity (Wildman–Crippen MR) is 129 cm³/mol. The van der Waals surface area contributed by atoms with E-state index in [9.17, 15) is 4.79 Å². The Morgan fingerprint density at radius 2 is 1.86 bits per heavy atom. The molecule has 2 fully saturated rings. The number of carbonyl (C=O) groups is 1. The number of carbonyl (C=O) groups excluding carboxylic acids is 1. The van der Waals surface area contributed by atoms with Crippen LogP contribution in [0, 0.1) is 0 Å². The first-order valence-electron chi connectivity index (χ1n) is 9.71. The highest BCUT2D eigenvalue weighted by Crippen LogP contribution is 2.49. The third-order valence-corrected chi connectivity index (χ3v) is 6.35. The number of benzene rings is 1. The second kappa shape index (κ2) is 10.8. The highest BCUT2D eigenvalue weighted by atomic mass is 127. The molecule has 8 heteroatoms. The van der Waals surface area contributed by atoms with Gasteiger partial charge in [0.1, 0.15) is 0 Å². The van der Waals surface area contributed by atoms with Gasteiger partial charge in [0.15, 0.2) is 5.96 Å². The van der Waals surface area contributed by atoms with Crippen molar-refractivity contribution in [2.24, 2.45) is 4.99 Å². The van der Waals surface area contributed by atoms with E-state index < -0.39 is 0 Å². The van der Waals surface area contributed by atoms with Gasteiger partial charge in [-0.05, 0) is 24.5 Å². The monoisotopic (exact) mass is 563 g/mol. The van der Waals surface area contributed by atoms with Crippen LogP contribution in [-0.2, 0) is 10.2 Å². The van der Waals surface area contributed by atoms with Gasteiger partial charge in [-0.3, -0.25) is 14.7 Å². The van der Waals surface area contributed by atoms with Crippen LogP contribution < -0.4 is 10.6 Å². The second-order valence-electron chi connectivity index (χ2n) is 7.46. The fourth-order valence-electron chi connectivity index (χ4n) is 3.68. The predicted octanol–water partition coefficient (Wildman–Crippen LogP) is 2.43. The average molecular weight is 564 g/mol. The largest absolute Gasteiger partial charge is 0.356 e. The molecular formula is C20H31BrIN5O. The van der Waals surface area contributed by atoms with Crippen molar-refractivity contribution in [3.8, 4) is 0 Å². The highest BCUT2D eigenvalue weighted by Gasteiger charge is 2.45. The minimum atomic E-state index is 0. The van der Waals surface area contributed by atoms with Crippen LogP contribution in [0.3, 0.4) is 0 Å². The molecule has 1 aromatic rings. The van der Waals surface area contributed by atoms with E-state index in [1.165, 1.54) is 22.9 Å². The van der Waals surface area contributed by atoms with E-state index in [0.29, 0.717) is 0 Å². The van der Waals surface area contributed by atoms with Crippen LogP contribution in [0.25, 0.3) is 0 Å². The summed E-state index contributed by atoms with van der Waals surface area (Å²) in [6.07, 6.45) is 2.42. The van der Waals surface area contributed by atoms with Crippen LogP contribution >= 0.6 is 39.9 Å². The number of nitrogens with zero attached hydrogens (tertiary/aromatic N) is 3. The van der Waals surface area contributed by atoms with Crippen molar-refractivity contribution in [2.75, 3.05) is 52.9 Å². The zero-order valence-electron chi connectivity index (χ0n) is 16.7. The number of halogens is 2. The quantitative estimate of drug-likeness (QED) is 0.317. The average Bonchev–Trinajstić information content (AvgIpc) is 3.46. The molecule has 1 aliphatic carbocycles. The van der Waals surface area contributed by atoms with Crippen molar-refractivity contribution < 1.29 is 4.79 Å². The molecule has 1 saturated heterocycles. The molecule has 0 bridgehead atoms. The molecule has 28 heavy (non-hydrogen) atoms. The molecule has 6 nitrogen and oxygen atoms in total. The maximum absolute atomic E-state index is 11.4. The van der Waals surface area contributed by atoms with Crippen molar-refractivity contribution in [2.45, 2.75) is 25.2 Å². The SMILES string of the molecule is CN=C(NCCN1CCN(C(C)=O)CC1)NCC1(c2ccccc2Br)CC1.I. The van der Waals surface area contributed by atoms with Crippen LogP contribution in [0.5, 0.6) is 0 Å². The van der Waals surface area contributed by atoms with Gasteiger partial charge in [-0.25, -0.2) is 0 Å². The second-order valence-corrected chi connectivity index (χ2v) is 8.31. The Hall–Kier alpha value is -0.870. The molecule has 2 N–H and O–H groups in total. The topological polar surface area (TPSA) is 60.0 Å². The van der Waals surface area contributed by atoms with Gasteiger partial charge in [-0.15, -0.1) is 24.0 Å². The van der Waals surface area contributed by atoms with Gasteiger partial charge < -0.3 is 15.5 Å². The summed E-state index contributed by atoms with van der Waals surface area (Å²) in [5, 5.41) is 6.93. The maximum Gasteiger partial charge on any atom is 0.219 e. The summed E-state index contributed by atoms with van der Waals surface area (Å²) >= 11 is 3.69. The highest BCUT2D eigenvalue weighted by molar-refractivity contribution is 14.0. The molecule has 1 saturated carbocycles. The lowest BCUT2D eigenvalue weighted by atomic mass is 9.96. The smallest absolute Gasteiger partial charge is 0.219 e. The lowest BCUT2D eigenvalue weighted by molar-refractivity contribution is -0.130. The summed E-state index contributed by atoms with van der Waals surface area (Å²) in [4.78, 5) is 20.1. The van der Waals surface area contributed by atoms with E-state index in [0.717, 1.165) is 51.8 Å². The normalized spacial score (nSPS) is 19.0. The van der Waals surface area contributed by atoms with E-state index in [4.69, 9.17) is 0 Å². The number of nitrogens with one attached hydrogen (secondary N) is 2. The van der Waals surface area contributed by atoms with Gasteiger partial charge >= 0.3 is 0 Å². The number of rotatable bonds is 6. The van der Waals surface area contributed by atoms with Crippen molar-refractivity contribution in [1.82, 2.24) is 20.4 Å². The Morgan fingerprint density at radius 3 is 2.43 bits per heavy atom. The summed E-state index contributed by atoms with van der Waals surface area (Å²) in [5.74, 6) is 1.03. The number of hydrogen-bond donors (Lipinski definition) is 2. The summed E-state index contributed by atoms with van der Waals surface area (Å²) < 4.78 is 1.19. The Morgan fingerprint density at radius 1 is 1.18 bits per heavy atom. The maximum atomic E-state index is 11.4. The fraction of sp³-hybridized carbons (Fsp3) is 0.600. The molecule has 1 amide bonds. The van der Waals surface area contributed by atoms with Gasteiger partial charge in [0.2, 0.25) is 5.91 Å². The van der Waals surface area contributed by atoms with Gasteiger partial charge in [0.05, 0.1) is 0 Å². The molecule has 1 aliphatic heterocycles. The minimum Gasteiger partial charge on any atom is -0.356 e. The van der Waals surface area contributed by atoms with Crippen molar-refractivity contribution in [3.63, 3.8) is 0 Å². The molecule has 0 atom stereocenters. The van der Waals surface area contributed by atoms with Crippen LogP contribution in [0.1, 0.15) is 25.3 Å². The van der Waals surface area contributed by atoms with Gasteiger partial charge in [0.25, 0.3) is 0 Å². The summed E-state index contributed by atoms with van der Waals surface area (Å²) in [6, 6.07) is 8.51. The van der Waals surface area contributed by atoms with Gasteiger partial charge in [0, 0.05) is 69.7 Å². The first kappa shape index (κ1) is 23.4. The number of hydrogen-bond acceptors (Lipinski definition) is 3. The molecule has 0 unspecified atom stereocenters. The lowest BCUT2D eigenvalue weighted by Crippen LogP contribution is -2.50. The zero-order chi connectivity index (χ0) is 19.3. The lowest BCUT2D eigenvalue weighted by Gasteiger charge is -2.34. The zero-order valence-corrected chi connectivity index (χ0v) is 20.6. The number of aliphatic imine (C=N–C) groups is 1. The van der Waals surface area contributed by atoms with E-state index in [2.05, 4.69) is 60.7 Å². The van der Waals surface area contributed by atoms with E-state index in [1.807, 2.05) is 11.9 Å². The molecule has 3 rings (SSSR count). The van der Waals surface area contributed by atoms with Crippen LogP contribution in [0.15, 0.2) is 33.7 Å². The Labute approximate surface area is 193 Å². The molecule has 0 aromatic heterocycles. The summed E-state index contributed by atoms with van der Waals surface area (Å²) in [5.41, 5.74) is 1.61. The fourth-order valence-corrected chi connectivity index (χ4v) is 4.38.